The summed E-state index contributed by atoms with van der Waals surface area (Å²) in [5.74, 6) is 0.246. The fourth-order valence-electron chi connectivity index (χ4n) is 7.31. The number of hydrogen-bond acceptors (Lipinski definition) is 7. The molecule has 1 spiro atoms. The number of rotatable bonds is 3. The lowest BCUT2D eigenvalue weighted by Crippen LogP contribution is -2.48. The summed E-state index contributed by atoms with van der Waals surface area (Å²) in [4.78, 5) is 46.3. The van der Waals surface area contributed by atoms with Crippen molar-refractivity contribution < 1.29 is 19.1 Å². The Balaban J connectivity index is 1.29. The van der Waals surface area contributed by atoms with Gasteiger partial charge in [-0.3, -0.25) is 24.0 Å². The molecule has 3 aromatic rings. The van der Waals surface area contributed by atoms with Gasteiger partial charge in [0.25, 0.3) is 0 Å². The van der Waals surface area contributed by atoms with E-state index in [0.29, 0.717) is 70.0 Å². The van der Waals surface area contributed by atoms with Gasteiger partial charge in [0.2, 0.25) is 17.7 Å². The van der Waals surface area contributed by atoms with Crippen molar-refractivity contribution in [2.45, 2.75) is 50.2 Å². The second kappa shape index (κ2) is 10.5. The number of piperidine rings is 1. The zero-order chi connectivity index (χ0) is 28.8. The van der Waals surface area contributed by atoms with E-state index in [-0.39, 0.29) is 30.2 Å². The van der Waals surface area contributed by atoms with Gasteiger partial charge in [0.1, 0.15) is 16.9 Å². The number of nitrogens with two attached hydrogens (primary N) is 1. The summed E-state index contributed by atoms with van der Waals surface area (Å²) in [6.07, 6.45) is 4.46. The van der Waals surface area contributed by atoms with E-state index in [9.17, 15) is 14.4 Å². The topological polar surface area (TPSA) is 127 Å². The normalized spacial score (nSPS) is 24.4. The van der Waals surface area contributed by atoms with Gasteiger partial charge < -0.3 is 20.3 Å². The second-order valence-electron chi connectivity index (χ2n) is 11.8. The Hall–Kier alpha value is -4.25. The number of aryl methyl sites for hydroxylation is 1. The van der Waals surface area contributed by atoms with Crippen LogP contribution in [0.3, 0.4) is 0 Å². The zero-order valence-corrected chi connectivity index (χ0v) is 23.5. The van der Waals surface area contributed by atoms with E-state index in [1.54, 1.807) is 4.68 Å². The van der Waals surface area contributed by atoms with Crippen molar-refractivity contribution in [1.82, 2.24) is 24.8 Å². The molecule has 0 saturated carbocycles. The maximum atomic E-state index is 14.7. The molecule has 2 atom stereocenters. The lowest BCUT2D eigenvalue weighted by molar-refractivity contribution is -0.135. The maximum absolute atomic E-state index is 14.7. The number of aromatic nitrogens is 3. The van der Waals surface area contributed by atoms with Crippen molar-refractivity contribution in [2.24, 2.45) is 11.7 Å². The van der Waals surface area contributed by atoms with Crippen molar-refractivity contribution in [3.63, 3.8) is 0 Å². The minimum atomic E-state index is -0.944. The standard InChI is InChI=1S/C31H35N7O4/c32-29(40)21-9-13-35(14-10-21)20-27(39)37-15-11-31-25-7-1-2-8-26(25)38(30(31)41)19-23-18-36(34-33-23)12-4-16-42-24-6-3-5-22(17-24)28(31)37/h1-3,5-8,17-18,21,28H,4,9-16,19-20H2,(H2,32,40)/t28-,31+/m0/s1. The van der Waals surface area contributed by atoms with Gasteiger partial charge in [0, 0.05) is 31.1 Å². The Morgan fingerprint density at radius 3 is 2.71 bits per heavy atom. The molecule has 1 aromatic heterocycles. The number of amides is 3. The van der Waals surface area contributed by atoms with Gasteiger partial charge in [-0.05, 0) is 61.7 Å². The molecule has 7 rings (SSSR count). The number of likely N-dealkylation sites (tertiary alicyclic amines) is 2. The van der Waals surface area contributed by atoms with E-state index in [1.807, 2.05) is 64.5 Å². The highest BCUT2D eigenvalue weighted by Gasteiger charge is 2.61. The lowest BCUT2D eigenvalue weighted by atomic mass is 9.72. The summed E-state index contributed by atoms with van der Waals surface area (Å²) in [6, 6.07) is 15.3. The second-order valence-corrected chi connectivity index (χ2v) is 11.8. The Labute approximate surface area is 244 Å². The molecule has 0 radical (unpaired) electrons. The highest BCUT2D eigenvalue weighted by Crippen LogP contribution is 2.57. The zero-order valence-electron chi connectivity index (χ0n) is 23.5. The number of carbonyl (C=O) groups is 3. The third-order valence-corrected chi connectivity index (χ3v) is 9.38. The van der Waals surface area contributed by atoms with Crippen LogP contribution in [0.1, 0.15) is 48.5 Å². The average molecular weight is 570 g/mol. The van der Waals surface area contributed by atoms with Crippen LogP contribution in [0, 0.1) is 5.92 Å². The fraction of sp³-hybridized carbons (Fsp3) is 0.452. The summed E-state index contributed by atoms with van der Waals surface area (Å²) in [7, 11) is 0. The van der Waals surface area contributed by atoms with Crippen molar-refractivity contribution in [2.75, 3.05) is 37.7 Å². The number of fused-ring (bicyclic) bond motifs is 8. The Morgan fingerprint density at radius 2 is 1.88 bits per heavy atom. The van der Waals surface area contributed by atoms with Gasteiger partial charge in [0.05, 0.1) is 31.9 Å². The van der Waals surface area contributed by atoms with Gasteiger partial charge in [-0.25, -0.2) is 0 Å². The number of primary amides is 1. The number of nitrogens with zero attached hydrogens (tertiary/aromatic N) is 6. The summed E-state index contributed by atoms with van der Waals surface area (Å²) in [5, 5.41) is 8.64. The number of para-hydroxylation sites is 1. The number of hydrogen-bond donors (Lipinski definition) is 1. The molecule has 4 aliphatic rings. The molecule has 0 unspecified atom stereocenters. The first-order valence-corrected chi connectivity index (χ1v) is 14.8. The number of anilines is 1. The van der Waals surface area contributed by atoms with E-state index < -0.39 is 11.5 Å². The van der Waals surface area contributed by atoms with E-state index in [0.717, 1.165) is 23.2 Å². The molecule has 11 heteroatoms. The molecule has 4 aliphatic heterocycles. The molecule has 5 heterocycles. The van der Waals surface area contributed by atoms with Crippen LogP contribution < -0.4 is 15.4 Å². The quantitative estimate of drug-likeness (QED) is 0.511. The summed E-state index contributed by atoms with van der Waals surface area (Å²) in [6.45, 7) is 3.44. The first kappa shape index (κ1) is 26.6. The van der Waals surface area contributed by atoms with E-state index in [4.69, 9.17) is 10.5 Å². The highest BCUT2D eigenvalue weighted by atomic mass is 16.5. The lowest BCUT2D eigenvalue weighted by Gasteiger charge is -2.37. The van der Waals surface area contributed by atoms with Crippen LogP contribution in [-0.2, 0) is 32.9 Å². The van der Waals surface area contributed by atoms with Crippen LogP contribution in [0.2, 0.25) is 0 Å². The third kappa shape index (κ3) is 4.43. The van der Waals surface area contributed by atoms with Crippen LogP contribution >= 0.6 is 0 Å². The minimum absolute atomic E-state index is 0.0229. The molecule has 2 fully saturated rings. The van der Waals surface area contributed by atoms with Gasteiger partial charge in [-0.2, -0.15) is 0 Å². The van der Waals surface area contributed by atoms with E-state index in [2.05, 4.69) is 15.2 Å². The molecule has 2 saturated heterocycles. The molecule has 2 N–H and O–H groups in total. The largest absolute Gasteiger partial charge is 0.494 e. The van der Waals surface area contributed by atoms with E-state index in [1.165, 1.54) is 0 Å². The van der Waals surface area contributed by atoms with Crippen molar-refractivity contribution in [1.29, 1.82) is 0 Å². The fourth-order valence-corrected chi connectivity index (χ4v) is 7.31. The third-order valence-electron chi connectivity index (χ3n) is 9.38. The number of benzene rings is 2. The Bertz CT molecular complexity index is 1530. The maximum Gasteiger partial charge on any atom is 0.240 e. The van der Waals surface area contributed by atoms with Crippen LogP contribution in [-0.4, -0.2) is 75.3 Å². The molecule has 6 bridgehead atoms. The van der Waals surface area contributed by atoms with Gasteiger partial charge in [-0.1, -0.05) is 35.5 Å². The van der Waals surface area contributed by atoms with Gasteiger partial charge in [-0.15, -0.1) is 5.10 Å². The van der Waals surface area contributed by atoms with Crippen LogP contribution in [0.25, 0.3) is 0 Å². The minimum Gasteiger partial charge on any atom is -0.494 e. The Morgan fingerprint density at radius 1 is 1.05 bits per heavy atom. The molecular weight excluding hydrogens is 534 g/mol. The molecule has 218 valence electrons. The first-order valence-electron chi connectivity index (χ1n) is 14.8. The van der Waals surface area contributed by atoms with Crippen LogP contribution in [0.15, 0.2) is 54.7 Å². The molecule has 11 nitrogen and oxygen atoms in total. The smallest absolute Gasteiger partial charge is 0.240 e. The molecule has 0 aliphatic carbocycles. The molecule has 2 aromatic carbocycles. The number of ether oxygens (including phenoxy) is 1. The SMILES string of the molecule is NC(=O)C1CCN(CC(=O)N2CC[C@]34C(=O)N(Cc5cn(nn5)CCCOc5cccc(c5)[C@H]23)c2ccccc24)CC1. The Kier molecular flexibility index (Phi) is 6.69. The predicted octanol–water partition coefficient (Wildman–Crippen LogP) is 2.02. The van der Waals surface area contributed by atoms with Gasteiger partial charge >= 0.3 is 0 Å². The predicted molar refractivity (Wildman–Crippen MR) is 153 cm³/mol. The van der Waals surface area contributed by atoms with Crippen molar-refractivity contribution >= 4 is 23.4 Å². The number of carbonyl (C=O) groups excluding carboxylic acids is 3. The first-order chi connectivity index (χ1) is 20.4. The molecule has 42 heavy (non-hydrogen) atoms. The summed E-state index contributed by atoms with van der Waals surface area (Å²) < 4.78 is 7.93. The average Bonchev–Trinajstić information content (AvgIpc) is 3.68. The monoisotopic (exact) mass is 569 g/mol. The highest BCUT2D eigenvalue weighted by molar-refractivity contribution is 6.09. The van der Waals surface area contributed by atoms with E-state index >= 15 is 0 Å². The summed E-state index contributed by atoms with van der Waals surface area (Å²) >= 11 is 0. The van der Waals surface area contributed by atoms with Gasteiger partial charge in [0.15, 0.2) is 0 Å². The summed E-state index contributed by atoms with van der Waals surface area (Å²) in [5.41, 5.74) is 7.97. The van der Waals surface area contributed by atoms with Crippen LogP contribution in [0.5, 0.6) is 5.75 Å². The van der Waals surface area contributed by atoms with Crippen LogP contribution in [0.4, 0.5) is 5.69 Å². The molecular formula is C31H35N7O4. The van der Waals surface area contributed by atoms with Crippen molar-refractivity contribution in [3.05, 3.63) is 71.5 Å². The molecule has 3 amide bonds. The van der Waals surface area contributed by atoms with Crippen molar-refractivity contribution in [3.8, 4) is 5.75 Å².